The summed E-state index contributed by atoms with van der Waals surface area (Å²) in [6.45, 7) is 0. The summed E-state index contributed by atoms with van der Waals surface area (Å²) < 4.78 is 1.15. The minimum Gasteiger partial charge on any atom is -1.00 e. The Balaban J connectivity index is 0.00000138. The van der Waals surface area contributed by atoms with E-state index >= 15 is 0 Å². The summed E-state index contributed by atoms with van der Waals surface area (Å²) in [5.74, 6) is 10.2. The van der Waals surface area contributed by atoms with Gasteiger partial charge in [-0.2, -0.15) is 0 Å². The minimum absolute atomic E-state index is 0. The van der Waals surface area contributed by atoms with Crippen LogP contribution < -0.4 is 24.8 Å². The van der Waals surface area contributed by atoms with Gasteiger partial charge in [0.25, 0.3) is 0 Å². The van der Waals surface area contributed by atoms with Crippen LogP contribution in [0.25, 0.3) is 44.3 Å². The zero-order valence-electron chi connectivity index (χ0n) is 21.0. The molecule has 39 heavy (non-hydrogen) atoms. The quantitative estimate of drug-likeness (QED) is 0.250. The van der Waals surface area contributed by atoms with Crippen LogP contribution in [0.4, 0.5) is 0 Å². The average Bonchev–Trinajstić information content (AvgIpc) is 3.71. The normalized spacial score (nSPS) is 17.0. The van der Waals surface area contributed by atoms with Crippen molar-refractivity contribution in [2.75, 3.05) is 0 Å². The van der Waals surface area contributed by atoms with Gasteiger partial charge in [-0.3, -0.25) is 0 Å². The summed E-state index contributed by atoms with van der Waals surface area (Å²) in [6, 6.07) is 36.2. The maximum Gasteiger partial charge on any atom is -1.00 e. The number of hydrogen-bond acceptors (Lipinski definition) is 0. The molecule has 6 aromatic rings. The van der Waals surface area contributed by atoms with Gasteiger partial charge in [0.15, 0.2) is 0 Å². The van der Waals surface area contributed by atoms with Crippen LogP contribution in [0.5, 0.6) is 0 Å². The predicted octanol–water partition coefficient (Wildman–Crippen LogP) is 4.86. The molecule has 2 unspecified atom stereocenters. The van der Waals surface area contributed by atoms with Gasteiger partial charge in [0.2, 0.25) is 0 Å². The summed E-state index contributed by atoms with van der Waals surface area (Å²) >= 11 is -0.399. The van der Waals surface area contributed by atoms with Crippen molar-refractivity contribution in [2.45, 2.75) is 8.45 Å². The molecule has 0 saturated carbocycles. The zero-order valence-corrected chi connectivity index (χ0v) is 25.9. The van der Waals surface area contributed by atoms with Crippen molar-refractivity contribution in [2.24, 2.45) is 0 Å². The number of hydrogen-bond donors (Lipinski definition) is 0. The van der Waals surface area contributed by atoms with Crippen LogP contribution in [-0.2, 0) is 19.2 Å². The Morgan fingerprint density at radius 3 is 1.15 bits per heavy atom. The molecule has 0 N–H and O–H groups in total. The molecule has 2 aliphatic carbocycles. The smallest absolute Gasteiger partial charge is 1.00 e. The van der Waals surface area contributed by atoms with Gasteiger partial charge in [0.05, 0.1) is 0 Å². The molecule has 0 aliphatic heterocycles. The van der Waals surface area contributed by atoms with E-state index in [4.69, 9.17) is 0 Å². The SMILES string of the molecule is C1=C(p2cc3ccccc3c2)[CH]([Ti+2][CH]2C(p3cc4ccccc4c3)=Cc3ccccc32)c2ccccc21.[Cl-].[Cl-]. The summed E-state index contributed by atoms with van der Waals surface area (Å²) in [7, 11) is -0.792. The molecule has 0 bridgehead atoms. The van der Waals surface area contributed by atoms with Gasteiger partial charge in [-0.05, 0) is 0 Å². The van der Waals surface area contributed by atoms with Gasteiger partial charge in [-0.15, -0.1) is 0 Å². The number of fused-ring (bicyclic) bond motifs is 4. The Morgan fingerprint density at radius 2 is 0.769 bits per heavy atom. The van der Waals surface area contributed by atoms with Crippen molar-refractivity contribution in [3.05, 3.63) is 143 Å². The number of halogens is 2. The third kappa shape index (κ3) is 4.63. The molecule has 2 atom stereocenters. The van der Waals surface area contributed by atoms with Crippen LogP contribution in [0, 0.1) is 0 Å². The largest absolute Gasteiger partial charge is 1.00 e. The van der Waals surface area contributed by atoms with E-state index in [9.17, 15) is 0 Å². The molecule has 188 valence electrons. The number of benzene rings is 4. The second-order valence-corrected chi connectivity index (χ2v) is 16.0. The zero-order chi connectivity index (χ0) is 24.3. The van der Waals surface area contributed by atoms with E-state index < -0.39 is 34.2 Å². The van der Waals surface area contributed by atoms with E-state index in [-0.39, 0.29) is 24.8 Å². The van der Waals surface area contributed by atoms with Crippen LogP contribution in [0.3, 0.4) is 0 Å². The van der Waals surface area contributed by atoms with Crippen molar-refractivity contribution in [3.63, 3.8) is 0 Å². The maximum absolute atomic E-state index is 2.56. The minimum atomic E-state index is -0.399. The van der Waals surface area contributed by atoms with Crippen LogP contribution in [-0.4, -0.2) is 0 Å². The predicted molar refractivity (Wildman–Crippen MR) is 160 cm³/mol. The summed E-state index contributed by atoms with van der Waals surface area (Å²) in [5, 5.41) is 8.98. The Hall–Kier alpha value is -2.27. The van der Waals surface area contributed by atoms with Crippen molar-refractivity contribution in [1.82, 2.24) is 0 Å². The first-order valence-corrected chi connectivity index (χ1v) is 17.6. The second-order valence-electron chi connectivity index (χ2n) is 10.0. The van der Waals surface area contributed by atoms with Crippen LogP contribution in [0.2, 0.25) is 0 Å². The number of allylic oxidation sites excluding steroid dienone is 2. The Bertz CT molecular complexity index is 1690. The van der Waals surface area contributed by atoms with E-state index in [1.54, 1.807) is 21.8 Å². The Kier molecular flexibility index (Phi) is 7.56. The van der Waals surface area contributed by atoms with Gasteiger partial charge in [0, 0.05) is 0 Å². The molecule has 4 aromatic carbocycles. The van der Waals surface area contributed by atoms with Gasteiger partial charge in [-0.1, -0.05) is 0 Å². The monoisotopic (exact) mass is 612 g/mol. The summed E-state index contributed by atoms with van der Waals surface area (Å²) in [5.41, 5.74) is 6.02. The van der Waals surface area contributed by atoms with Crippen molar-refractivity contribution in [1.29, 1.82) is 0 Å². The first-order chi connectivity index (χ1) is 18.3. The molecule has 8 rings (SSSR count). The van der Waals surface area contributed by atoms with E-state index in [1.807, 2.05) is 0 Å². The Labute approximate surface area is 252 Å². The molecular formula is C34H24Cl2P2Ti. The molecule has 2 aromatic heterocycles. The van der Waals surface area contributed by atoms with E-state index in [1.165, 1.54) is 32.7 Å². The van der Waals surface area contributed by atoms with Gasteiger partial charge in [-0.25, -0.2) is 0 Å². The average molecular weight is 613 g/mol. The van der Waals surface area contributed by atoms with Crippen LogP contribution in [0.1, 0.15) is 30.7 Å². The van der Waals surface area contributed by atoms with Gasteiger partial charge < -0.3 is 24.8 Å². The Morgan fingerprint density at radius 1 is 0.436 bits per heavy atom. The van der Waals surface area contributed by atoms with Crippen molar-refractivity contribution < 1.29 is 44.0 Å². The summed E-state index contributed by atoms with van der Waals surface area (Å²) in [4.78, 5) is 0. The fraction of sp³-hybridized carbons (Fsp3) is 0.0588. The van der Waals surface area contributed by atoms with E-state index in [0.717, 1.165) is 0 Å². The second kappa shape index (κ2) is 11.0. The third-order valence-electron chi connectivity index (χ3n) is 7.85. The van der Waals surface area contributed by atoms with Crippen molar-refractivity contribution in [3.8, 4) is 0 Å². The summed E-state index contributed by atoms with van der Waals surface area (Å²) in [6.07, 6.45) is 5.10. The molecule has 0 saturated heterocycles. The standard InChI is InChI=1S/2C17H12P.2ClH.Ti/c2*1-2-6-14-10-17(9-13(14)5-1)18-11-15-7-3-4-8-16(15)12-18;;;/h2*1-12H;2*1H;/q;;;;+2/p-2. The molecule has 2 heterocycles. The molecule has 0 amide bonds. The van der Waals surface area contributed by atoms with Gasteiger partial charge in [0.1, 0.15) is 0 Å². The van der Waals surface area contributed by atoms with Gasteiger partial charge >= 0.3 is 229 Å². The molecule has 5 heteroatoms. The molecule has 0 radical (unpaired) electrons. The third-order valence-corrected chi connectivity index (χ3v) is 15.8. The van der Waals surface area contributed by atoms with E-state index in [0.29, 0.717) is 8.45 Å². The molecular weight excluding hydrogens is 589 g/mol. The number of rotatable bonds is 4. The topological polar surface area (TPSA) is 0 Å². The van der Waals surface area contributed by atoms with Crippen molar-refractivity contribution >= 4 is 59.4 Å². The molecule has 0 spiro atoms. The molecule has 0 nitrogen and oxygen atoms in total. The molecule has 0 fully saturated rings. The molecule has 2 aliphatic rings. The fourth-order valence-electron chi connectivity index (χ4n) is 6.04. The van der Waals surface area contributed by atoms with E-state index in [2.05, 4.69) is 132 Å². The first kappa shape index (κ1) is 26.9. The van der Waals surface area contributed by atoms with Crippen LogP contribution >= 0.6 is 15.1 Å². The maximum atomic E-state index is 2.56. The van der Waals surface area contributed by atoms with Crippen LogP contribution in [0.15, 0.2) is 120 Å². The first-order valence-electron chi connectivity index (χ1n) is 12.8. The fourth-order valence-corrected chi connectivity index (χ4v) is 15.1.